The average molecular weight is 221 g/mol. The van der Waals surface area contributed by atoms with E-state index in [2.05, 4.69) is 0 Å². The number of nitrogens with two attached hydrogens (primary N) is 1. The summed E-state index contributed by atoms with van der Waals surface area (Å²) in [5.41, 5.74) is 6.53. The molecule has 0 heterocycles. The van der Waals surface area contributed by atoms with Crippen LogP contribution in [0.5, 0.6) is 0 Å². The molecular formula is C13H19NO2. The molecule has 88 valence electrons. The largest absolute Gasteiger partial charge is 0.481 e. The van der Waals surface area contributed by atoms with Crippen molar-refractivity contribution in [3.63, 3.8) is 0 Å². The molecule has 0 aromatic heterocycles. The van der Waals surface area contributed by atoms with E-state index in [4.69, 9.17) is 5.73 Å². The Morgan fingerprint density at radius 2 is 2.06 bits per heavy atom. The van der Waals surface area contributed by atoms with E-state index >= 15 is 0 Å². The zero-order valence-electron chi connectivity index (χ0n) is 9.86. The van der Waals surface area contributed by atoms with Gasteiger partial charge in [0.15, 0.2) is 0 Å². The lowest BCUT2D eigenvalue weighted by Gasteiger charge is -2.26. The maximum Gasteiger partial charge on any atom is 0.313 e. The van der Waals surface area contributed by atoms with Crippen molar-refractivity contribution in [1.29, 1.82) is 0 Å². The molecule has 0 aliphatic rings. The van der Waals surface area contributed by atoms with Crippen LogP contribution < -0.4 is 5.73 Å². The number of aryl methyl sites for hydroxylation is 1. The first-order chi connectivity index (χ1) is 7.52. The Balaban J connectivity index is 3.11. The zero-order chi connectivity index (χ0) is 12.2. The third kappa shape index (κ3) is 2.42. The van der Waals surface area contributed by atoms with Crippen LogP contribution in [0.15, 0.2) is 24.3 Å². The molecule has 0 radical (unpaired) electrons. The highest BCUT2D eigenvalue weighted by Crippen LogP contribution is 2.31. The van der Waals surface area contributed by atoms with Gasteiger partial charge in [-0.2, -0.15) is 0 Å². The van der Waals surface area contributed by atoms with Crippen LogP contribution in [0.4, 0.5) is 0 Å². The second kappa shape index (κ2) is 5.12. The standard InChI is InChI=1S/C13H19NO2/c1-10-6-3-4-7-11(10)13(2,12(15)16)8-5-9-14/h3-4,6-7H,5,8-9,14H2,1-2H3,(H,15,16). The van der Waals surface area contributed by atoms with E-state index in [1.807, 2.05) is 31.2 Å². The maximum absolute atomic E-state index is 11.4. The highest BCUT2D eigenvalue weighted by atomic mass is 16.4. The number of aliphatic carboxylic acids is 1. The summed E-state index contributed by atoms with van der Waals surface area (Å²) in [5.74, 6) is -0.782. The van der Waals surface area contributed by atoms with Gasteiger partial charge in [-0.15, -0.1) is 0 Å². The van der Waals surface area contributed by atoms with Crippen molar-refractivity contribution < 1.29 is 9.90 Å². The van der Waals surface area contributed by atoms with Gasteiger partial charge in [-0.25, -0.2) is 0 Å². The van der Waals surface area contributed by atoms with Gasteiger partial charge in [0.25, 0.3) is 0 Å². The predicted octanol–water partition coefficient (Wildman–Crippen LogP) is 2.08. The first kappa shape index (κ1) is 12.7. The lowest BCUT2D eigenvalue weighted by molar-refractivity contribution is -0.143. The van der Waals surface area contributed by atoms with E-state index in [9.17, 15) is 9.90 Å². The van der Waals surface area contributed by atoms with Gasteiger partial charge in [-0.05, 0) is 44.4 Å². The van der Waals surface area contributed by atoms with Crippen molar-refractivity contribution in [1.82, 2.24) is 0 Å². The summed E-state index contributed by atoms with van der Waals surface area (Å²) in [6.45, 7) is 4.24. The molecule has 16 heavy (non-hydrogen) atoms. The first-order valence-corrected chi connectivity index (χ1v) is 5.52. The van der Waals surface area contributed by atoms with E-state index < -0.39 is 11.4 Å². The molecule has 3 nitrogen and oxygen atoms in total. The van der Waals surface area contributed by atoms with Crippen LogP contribution in [0.2, 0.25) is 0 Å². The number of benzene rings is 1. The lowest BCUT2D eigenvalue weighted by Crippen LogP contribution is -2.33. The molecule has 1 atom stereocenters. The lowest BCUT2D eigenvalue weighted by atomic mass is 9.76. The smallest absolute Gasteiger partial charge is 0.313 e. The molecular weight excluding hydrogens is 202 g/mol. The molecule has 0 bridgehead atoms. The second-order valence-corrected chi connectivity index (χ2v) is 4.34. The normalized spacial score (nSPS) is 14.4. The topological polar surface area (TPSA) is 63.3 Å². The minimum absolute atomic E-state index is 0.523. The molecule has 0 fully saturated rings. The maximum atomic E-state index is 11.4. The average Bonchev–Trinajstić information content (AvgIpc) is 2.26. The number of hydrogen-bond donors (Lipinski definition) is 2. The van der Waals surface area contributed by atoms with E-state index in [0.29, 0.717) is 13.0 Å². The van der Waals surface area contributed by atoms with Crippen LogP contribution in [0.25, 0.3) is 0 Å². The summed E-state index contributed by atoms with van der Waals surface area (Å²) in [6, 6.07) is 7.63. The summed E-state index contributed by atoms with van der Waals surface area (Å²) >= 11 is 0. The Labute approximate surface area is 96.3 Å². The second-order valence-electron chi connectivity index (χ2n) is 4.34. The molecule has 0 saturated carbocycles. The third-order valence-corrected chi connectivity index (χ3v) is 3.09. The fourth-order valence-electron chi connectivity index (χ4n) is 2.00. The van der Waals surface area contributed by atoms with Crippen LogP contribution in [0.1, 0.15) is 30.9 Å². The van der Waals surface area contributed by atoms with Crippen LogP contribution in [-0.2, 0) is 10.2 Å². The monoisotopic (exact) mass is 221 g/mol. The fourth-order valence-corrected chi connectivity index (χ4v) is 2.00. The highest BCUT2D eigenvalue weighted by molar-refractivity contribution is 5.81. The van der Waals surface area contributed by atoms with Crippen molar-refractivity contribution in [2.24, 2.45) is 5.73 Å². The van der Waals surface area contributed by atoms with Crippen molar-refractivity contribution in [3.05, 3.63) is 35.4 Å². The Morgan fingerprint density at radius 3 is 2.56 bits per heavy atom. The summed E-state index contributed by atoms with van der Waals surface area (Å²) in [5, 5.41) is 9.40. The van der Waals surface area contributed by atoms with Crippen molar-refractivity contribution in [3.8, 4) is 0 Å². The van der Waals surface area contributed by atoms with Crippen molar-refractivity contribution >= 4 is 5.97 Å². The van der Waals surface area contributed by atoms with E-state index in [0.717, 1.165) is 17.5 Å². The quantitative estimate of drug-likeness (QED) is 0.800. The summed E-state index contributed by atoms with van der Waals surface area (Å²) in [6.07, 6.45) is 1.29. The molecule has 0 saturated heterocycles. The van der Waals surface area contributed by atoms with Crippen molar-refractivity contribution in [2.45, 2.75) is 32.1 Å². The van der Waals surface area contributed by atoms with Crippen LogP contribution in [0, 0.1) is 6.92 Å². The number of carbonyl (C=O) groups is 1. The van der Waals surface area contributed by atoms with Crippen molar-refractivity contribution in [2.75, 3.05) is 6.54 Å². The fraction of sp³-hybridized carbons (Fsp3) is 0.462. The van der Waals surface area contributed by atoms with Gasteiger partial charge >= 0.3 is 5.97 Å². The minimum atomic E-state index is -0.829. The number of carboxylic acid groups (broad SMARTS) is 1. The Bertz CT molecular complexity index is 376. The van der Waals surface area contributed by atoms with Crippen LogP contribution in [-0.4, -0.2) is 17.6 Å². The summed E-state index contributed by atoms with van der Waals surface area (Å²) in [7, 11) is 0. The minimum Gasteiger partial charge on any atom is -0.481 e. The first-order valence-electron chi connectivity index (χ1n) is 5.52. The molecule has 1 aromatic rings. The van der Waals surface area contributed by atoms with Gasteiger partial charge in [0.1, 0.15) is 0 Å². The van der Waals surface area contributed by atoms with Gasteiger partial charge in [0.2, 0.25) is 0 Å². The van der Waals surface area contributed by atoms with Crippen LogP contribution >= 0.6 is 0 Å². The van der Waals surface area contributed by atoms with Crippen LogP contribution in [0.3, 0.4) is 0 Å². The Kier molecular flexibility index (Phi) is 4.07. The molecule has 1 rings (SSSR count). The molecule has 3 heteroatoms. The van der Waals surface area contributed by atoms with E-state index in [-0.39, 0.29) is 0 Å². The SMILES string of the molecule is Cc1ccccc1C(C)(CCCN)C(=O)O. The Morgan fingerprint density at radius 1 is 1.44 bits per heavy atom. The van der Waals surface area contributed by atoms with E-state index in [1.54, 1.807) is 6.92 Å². The molecule has 0 spiro atoms. The molecule has 3 N–H and O–H groups in total. The zero-order valence-corrected chi connectivity index (χ0v) is 9.86. The number of rotatable bonds is 5. The molecule has 0 amide bonds. The van der Waals surface area contributed by atoms with Gasteiger partial charge < -0.3 is 10.8 Å². The predicted molar refractivity (Wildman–Crippen MR) is 64.5 cm³/mol. The van der Waals surface area contributed by atoms with Gasteiger partial charge in [0, 0.05) is 0 Å². The van der Waals surface area contributed by atoms with Gasteiger partial charge in [-0.3, -0.25) is 4.79 Å². The number of carboxylic acids is 1. The molecule has 1 aromatic carbocycles. The highest BCUT2D eigenvalue weighted by Gasteiger charge is 2.35. The molecule has 1 unspecified atom stereocenters. The molecule has 0 aliphatic carbocycles. The van der Waals surface area contributed by atoms with E-state index in [1.165, 1.54) is 0 Å². The van der Waals surface area contributed by atoms with Gasteiger partial charge in [0.05, 0.1) is 5.41 Å². The van der Waals surface area contributed by atoms with Gasteiger partial charge in [-0.1, -0.05) is 24.3 Å². The Hall–Kier alpha value is -1.35. The number of hydrogen-bond acceptors (Lipinski definition) is 2. The summed E-state index contributed by atoms with van der Waals surface area (Å²) in [4.78, 5) is 11.4. The summed E-state index contributed by atoms with van der Waals surface area (Å²) < 4.78 is 0. The molecule has 0 aliphatic heterocycles. The third-order valence-electron chi connectivity index (χ3n) is 3.09.